The molecule has 3 unspecified atom stereocenters. The van der Waals surface area contributed by atoms with Crippen LogP contribution in [0.4, 0.5) is 25.1 Å². The van der Waals surface area contributed by atoms with E-state index in [1.165, 1.54) is 6.07 Å². The van der Waals surface area contributed by atoms with Gasteiger partial charge in [0.25, 0.3) is 0 Å². The summed E-state index contributed by atoms with van der Waals surface area (Å²) in [6.07, 6.45) is -5.42. The number of aromatic nitrogens is 2. The third-order valence-corrected chi connectivity index (χ3v) is 10.6. The first-order chi connectivity index (χ1) is 15.7. The van der Waals surface area contributed by atoms with Crippen molar-refractivity contribution in [3.05, 3.63) is 53.1 Å². The zero-order chi connectivity index (χ0) is 25.3. The van der Waals surface area contributed by atoms with Crippen LogP contribution in [0.5, 0.6) is 0 Å². The standard InChI is InChI=1S/C22H30F2N4O5Si/c1-21(2,3)34(4,5)31-13-15-17(33-20(30)26-14-9-7-6-8-10-14)22(23,24)18(32-15)28-12-11-16(25)27-19(28)29/h6-12,15,17-18H,13H2,1-5H3,(H,26,30)(H2,25,27,29). The van der Waals surface area contributed by atoms with Crippen molar-refractivity contribution in [3.63, 3.8) is 0 Å². The summed E-state index contributed by atoms with van der Waals surface area (Å²) in [7, 11) is -2.35. The van der Waals surface area contributed by atoms with E-state index in [1.807, 2.05) is 33.9 Å². The molecule has 0 aliphatic carbocycles. The van der Waals surface area contributed by atoms with E-state index in [1.54, 1.807) is 30.3 Å². The maximum absolute atomic E-state index is 15.5. The third-order valence-electron chi connectivity index (χ3n) is 6.12. The fourth-order valence-electron chi connectivity index (χ4n) is 3.14. The summed E-state index contributed by atoms with van der Waals surface area (Å²) in [5.41, 5.74) is 4.84. The number of halogens is 2. The number of benzene rings is 1. The molecule has 0 spiro atoms. The molecule has 1 aliphatic heterocycles. The van der Waals surface area contributed by atoms with Crippen molar-refractivity contribution in [2.75, 3.05) is 17.7 Å². The quantitative estimate of drug-likeness (QED) is 0.581. The largest absolute Gasteiger partial charge is 0.436 e. The van der Waals surface area contributed by atoms with Gasteiger partial charge in [-0.3, -0.25) is 9.88 Å². The number of hydrogen-bond acceptors (Lipinski definition) is 7. The van der Waals surface area contributed by atoms with Crippen LogP contribution in [0.2, 0.25) is 18.1 Å². The summed E-state index contributed by atoms with van der Waals surface area (Å²) < 4.78 is 48.6. The number of alkyl halides is 2. The molecule has 3 atom stereocenters. The highest BCUT2D eigenvalue weighted by atomic mass is 28.4. The summed E-state index contributed by atoms with van der Waals surface area (Å²) in [5, 5.41) is 2.23. The van der Waals surface area contributed by atoms with Crippen LogP contribution in [-0.2, 0) is 13.9 Å². The summed E-state index contributed by atoms with van der Waals surface area (Å²) >= 11 is 0. The Morgan fingerprint density at radius 3 is 2.50 bits per heavy atom. The number of amides is 1. The predicted molar refractivity (Wildman–Crippen MR) is 125 cm³/mol. The number of hydrogen-bond donors (Lipinski definition) is 2. The molecule has 2 heterocycles. The van der Waals surface area contributed by atoms with Gasteiger partial charge in [-0.2, -0.15) is 13.8 Å². The first-order valence-corrected chi connectivity index (χ1v) is 13.7. The summed E-state index contributed by atoms with van der Waals surface area (Å²) in [6.45, 7) is 9.70. The summed E-state index contributed by atoms with van der Waals surface area (Å²) in [4.78, 5) is 28.2. The molecule has 1 amide bonds. The second kappa shape index (κ2) is 9.43. The van der Waals surface area contributed by atoms with Crippen molar-refractivity contribution in [3.8, 4) is 0 Å². The van der Waals surface area contributed by atoms with Crippen molar-refractivity contribution in [2.45, 2.75) is 63.3 Å². The lowest BCUT2D eigenvalue weighted by Gasteiger charge is -2.37. The van der Waals surface area contributed by atoms with Gasteiger partial charge in [0, 0.05) is 11.9 Å². The minimum absolute atomic E-state index is 0.115. The Labute approximate surface area is 197 Å². The molecule has 3 rings (SSSR count). The summed E-state index contributed by atoms with van der Waals surface area (Å²) in [5.74, 6) is -3.88. The van der Waals surface area contributed by atoms with Gasteiger partial charge in [0.15, 0.2) is 14.4 Å². The zero-order valence-electron chi connectivity index (χ0n) is 19.7. The average Bonchev–Trinajstić information content (AvgIpc) is 2.96. The van der Waals surface area contributed by atoms with Gasteiger partial charge >= 0.3 is 17.7 Å². The lowest BCUT2D eigenvalue weighted by atomic mass is 10.1. The Balaban J connectivity index is 1.88. The van der Waals surface area contributed by atoms with E-state index in [9.17, 15) is 9.59 Å². The number of nitrogens with zero attached hydrogens (tertiary/aromatic N) is 2. The lowest BCUT2D eigenvalue weighted by Crippen LogP contribution is -2.47. The Bertz CT molecular complexity index is 1070. The highest BCUT2D eigenvalue weighted by molar-refractivity contribution is 6.74. The first-order valence-electron chi connectivity index (χ1n) is 10.8. The van der Waals surface area contributed by atoms with Gasteiger partial charge in [0.2, 0.25) is 6.23 Å². The van der Waals surface area contributed by atoms with Crippen LogP contribution >= 0.6 is 0 Å². The Kier molecular flexibility index (Phi) is 7.15. The molecular formula is C22H30F2N4O5Si. The molecule has 3 N–H and O–H groups in total. The van der Waals surface area contributed by atoms with E-state index in [-0.39, 0.29) is 17.5 Å². The molecule has 0 bridgehead atoms. The second-order valence-corrected chi connectivity index (χ2v) is 14.4. The summed E-state index contributed by atoms with van der Waals surface area (Å²) in [6, 6.07) is 9.48. The van der Waals surface area contributed by atoms with E-state index in [2.05, 4.69) is 10.3 Å². The highest BCUT2D eigenvalue weighted by Gasteiger charge is 2.63. The van der Waals surface area contributed by atoms with Crippen molar-refractivity contribution in [1.82, 2.24) is 9.55 Å². The Morgan fingerprint density at radius 2 is 1.91 bits per heavy atom. The molecule has 1 aromatic heterocycles. The minimum atomic E-state index is -3.77. The molecule has 1 aromatic carbocycles. The molecule has 1 saturated heterocycles. The topological polar surface area (TPSA) is 118 Å². The van der Waals surface area contributed by atoms with Crippen LogP contribution in [0, 0.1) is 0 Å². The molecule has 34 heavy (non-hydrogen) atoms. The van der Waals surface area contributed by atoms with Crippen LogP contribution in [0.3, 0.4) is 0 Å². The van der Waals surface area contributed by atoms with Crippen LogP contribution in [-0.4, -0.2) is 48.7 Å². The number of anilines is 2. The maximum atomic E-state index is 15.5. The van der Waals surface area contributed by atoms with E-state index < -0.39 is 44.5 Å². The van der Waals surface area contributed by atoms with E-state index in [0.29, 0.717) is 10.3 Å². The zero-order valence-corrected chi connectivity index (χ0v) is 20.7. The number of carbonyl (C=O) groups excluding carboxylic acids is 1. The van der Waals surface area contributed by atoms with Crippen molar-refractivity contribution < 1.29 is 27.5 Å². The molecule has 186 valence electrons. The second-order valence-electron chi connectivity index (χ2n) is 9.63. The van der Waals surface area contributed by atoms with Gasteiger partial charge in [-0.1, -0.05) is 39.0 Å². The van der Waals surface area contributed by atoms with Gasteiger partial charge in [-0.25, -0.2) is 9.59 Å². The fraction of sp³-hybridized carbons (Fsp3) is 0.500. The van der Waals surface area contributed by atoms with Crippen LogP contribution in [0.25, 0.3) is 0 Å². The highest BCUT2D eigenvalue weighted by Crippen LogP contribution is 2.45. The number of rotatable bonds is 6. The monoisotopic (exact) mass is 496 g/mol. The van der Waals surface area contributed by atoms with Crippen LogP contribution in [0.1, 0.15) is 27.0 Å². The number of ether oxygens (including phenoxy) is 2. The third kappa shape index (κ3) is 5.45. The van der Waals surface area contributed by atoms with E-state index in [4.69, 9.17) is 19.6 Å². The molecule has 1 aliphatic rings. The predicted octanol–water partition coefficient (Wildman–Crippen LogP) is 4.00. The normalized spacial score (nSPS) is 22.4. The van der Waals surface area contributed by atoms with Gasteiger partial charge in [-0.05, 0) is 36.3 Å². The number of para-hydroxylation sites is 1. The molecule has 12 heteroatoms. The molecule has 1 fully saturated rings. The van der Waals surface area contributed by atoms with Crippen LogP contribution in [0.15, 0.2) is 47.4 Å². The number of nitrogens with two attached hydrogens (primary N) is 1. The Hall–Kier alpha value is -2.83. The number of carbonyl (C=O) groups is 1. The van der Waals surface area contributed by atoms with Crippen LogP contribution < -0.4 is 16.7 Å². The molecular weight excluding hydrogens is 466 g/mol. The Morgan fingerprint density at radius 1 is 1.26 bits per heavy atom. The maximum Gasteiger partial charge on any atom is 0.412 e. The van der Waals surface area contributed by atoms with E-state index >= 15 is 8.78 Å². The van der Waals surface area contributed by atoms with Gasteiger partial charge in [-0.15, -0.1) is 0 Å². The molecule has 2 aromatic rings. The minimum Gasteiger partial charge on any atom is -0.436 e. The van der Waals surface area contributed by atoms with Crippen molar-refractivity contribution in [1.29, 1.82) is 0 Å². The number of nitrogen functional groups attached to an aromatic ring is 1. The number of nitrogens with one attached hydrogen (secondary N) is 1. The first kappa shape index (κ1) is 25.8. The SMILES string of the molecule is CC(C)(C)[Si](C)(C)OCC1OC(n2ccc(N)nc2=O)C(F)(F)C1OC(=O)Nc1ccccc1. The van der Waals surface area contributed by atoms with E-state index in [0.717, 1.165) is 6.20 Å². The lowest BCUT2D eigenvalue weighted by molar-refractivity contribution is -0.140. The smallest absolute Gasteiger partial charge is 0.412 e. The molecule has 0 radical (unpaired) electrons. The molecule has 9 nitrogen and oxygen atoms in total. The van der Waals surface area contributed by atoms with Gasteiger partial charge < -0.3 is 19.6 Å². The van der Waals surface area contributed by atoms with Gasteiger partial charge in [0.1, 0.15) is 11.9 Å². The fourth-order valence-corrected chi connectivity index (χ4v) is 4.16. The van der Waals surface area contributed by atoms with Crippen molar-refractivity contribution in [2.24, 2.45) is 0 Å². The van der Waals surface area contributed by atoms with Crippen molar-refractivity contribution >= 4 is 25.9 Å². The average molecular weight is 497 g/mol. The molecule has 0 saturated carbocycles. The van der Waals surface area contributed by atoms with Gasteiger partial charge in [0.05, 0.1) is 6.61 Å².